The predicted molar refractivity (Wildman–Crippen MR) is 100 cm³/mol. The number of carbonyl (C=O) groups excluding carboxylic acids is 1. The highest BCUT2D eigenvalue weighted by molar-refractivity contribution is 7.13. The Labute approximate surface area is 166 Å². The molecular formula is C18H15F3N6OS. The highest BCUT2D eigenvalue weighted by Gasteiger charge is 2.36. The van der Waals surface area contributed by atoms with Crippen LogP contribution in [0, 0.1) is 0 Å². The Morgan fingerprint density at radius 3 is 2.86 bits per heavy atom. The van der Waals surface area contributed by atoms with Crippen LogP contribution in [0.2, 0.25) is 0 Å². The number of thiophene rings is 1. The van der Waals surface area contributed by atoms with Gasteiger partial charge in [-0.3, -0.25) is 4.79 Å². The molecule has 150 valence electrons. The maximum atomic E-state index is 13.5. The molecule has 0 radical (unpaired) electrons. The average molecular weight is 420 g/mol. The molecule has 0 atom stereocenters. The summed E-state index contributed by atoms with van der Waals surface area (Å²) in [5.74, 6) is -0.519. The second-order valence-electron chi connectivity index (χ2n) is 6.21. The molecule has 0 unspecified atom stereocenters. The lowest BCUT2D eigenvalue weighted by atomic mass is 10.2. The van der Waals surface area contributed by atoms with Gasteiger partial charge in [0.15, 0.2) is 11.3 Å². The number of amides is 1. The van der Waals surface area contributed by atoms with Gasteiger partial charge < -0.3 is 9.88 Å². The van der Waals surface area contributed by atoms with Crippen molar-refractivity contribution in [2.24, 2.45) is 0 Å². The molecule has 1 N–H and O–H groups in total. The van der Waals surface area contributed by atoms with Crippen molar-refractivity contribution in [1.29, 1.82) is 0 Å². The molecular weight excluding hydrogens is 405 g/mol. The van der Waals surface area contributed by atoms with Crippen LogP contribution in [0.3, 0.4) is 0 Å². The third kappa shape index (κ3) is 3.99. The van der Waals surface area contributed by atoms with Crippen molar-refractivity contribution < 1.29 is 18.0 Å². The molecule has 4 heterocycles. The first-order valence-corrected chi connectivity index (χ1v) is 9.55. The van der Waals surface area contributed by atoms with Gasteiger partial charge in [0.1, 0.15) is 5.56 Å². The maximum Gasteiger partial charge on any atom is 0.433 e. The average Bonchev–Trinajstić information content (AvgIpc) is 3.45. The first kappa shape index (κ1) is 19.1. The van der Waals surface area contributed by atoms with Gasteiger partial charge in [-0.05, 0) is 23.9 Å². The minimum atomic E-state index is -4.64. The fourth-order valence-corrected chi connectivity index (χ4v) is 3.54. The SMILES string of the molecule is O=C(NCCCn1ccnc1)c1cnn2c(C(F)(F)F)cc(-c3cccs3)nc12. The van der Waals surface area contributed by atoms with E-state index in [2.05, 4.69) is 20.4 Å². The van der Waals surface area contributed by atoms with Crippen LogP contribution in [0.5, 0.6) is 0 Å². The van der Waals surface area contributed by atoms with E-state index in [0.29, 0.717) is 28.9 Å². The van der Waals surface area contributed by atoms with E-state index in [1.807, 2.05) is 10.8 Å². The number of halogens is 3. The third-order valence-electron chi connectivity index (χ3n) is 4.22. The number of fused-ring (bicyclic) bond motifs is 1. The summed E-state index contributed by atoms with van der Waals surface area (Å²) < 4.78 is 43.2. The zero-order valence-corrected chi connectivity index (χ0v) is 15.7. The normalized spacial score (nSPS) is 11.8. The lowest BCUT2D eigenvalue weighted by molar-refractivity contribution is -0.142. The van der Waals surface area contributed by atoms with Gasteiger partial charge in [-0.25, -0.2) is 14.5 Å². The van der Waals surface area contributed by atoms with Gasteiger partial charge in [-0.1, -0.05) is 6.07 Å². The van der Waals surface area contributed by atoms with E-state index < -0.39 is 17.8 Å². The Kier molecular flexibility index (Phi) is 5.05. The van der Waals surface area contributed by atoms with Gasteiger partial charge in [-0.2, -0.15) is 18.3 Å². The number of aryl methyl sites for hydroxylation is 1. The standard InChI is InChI=1S/C18H15F3N6OS/c19-18(20,21)15-9-13(14-3-1-8-29-14)25-16-12(10-24-27(15)16)17(28)23-4-2-6-26-7-5-22-11-26/h1,3,5,7-11H,2,4,6H2,(H,23,28). The van der Waals surface area contributed by atoms with Crippen LogP contribution in [-0.2, 0) is 12.7 Å². The monoisotopic (exact) mass is 420 g/mol. The Morgan fingerprint density at radius 1 is 1.31 bits per heavy atom. The highest BCUT2D eigenvalue weighted by atomic mass is 32.1. The van der Waals surface area contributed by atoms with Crippen LogP contribution < -0.4 is 5.32 Å². The molecule has 29 heavy (non-hydrogen) atoms. The topological polar surface area (TPSA) is 77.1 Å². The number of hydrogen-bond donors (Lipinski definition) is 1. The first-order chi connectivity index (χ1) is 13.9. The summed E-state index contributed by atoms with van der Waals surface area (Å²) in [5, 5.41) is 8.22. The fourth-order valence-electron chi connectivity index (χ4n) is 2.85. The van der Waals surface area contributed by atoms with Crippen molar-refractivity contribution >= 4 is 22.9 Å². The molecule has 4 rings (SSSR count). The third-order valence-corrected chi connectivity index (χ3v) is 5.11. The van der Waals surface area contributed by atoms with E-state index in [4.69, 9.17) is 0 Å². The summed E-state index contributed by atoms with van der Waals surface area (Å²) >= 11 is 1.27. The van der Waals surface area contributed by atoms with Crippen LogP contribution >= 0.6 is 11.3 Å². The first-order valence-electron chi connectivity index (χ1n) is 8.67. The minimum absolute atomic E-state index is 0.00321. The lowest BCUT2D eigenvalue weighted by Gasteiger charge is -2.11. The van der Waals surface area contributed by atoms with E-state index in [1.165, 1.54) is 11.3 Å². The quantitative estimate of drug-likeness (QED) is 0.485. The van der Waals surface area contributed by atoms with Crippen molar-refractivity contribution in [2.75, 3.05) is 6.54 Å². The number of nitrogens with one attached hydrogen (secondary N) is 1. The molecule has 0 aromatic carbocycles. The van der Waals surface area contributed by atoms with Crippen molar-refractivity contribution in [3.8, 4) is 10.6 Å². The van der Waals surface area contributed by atoms with Crippen LogP contribution in [-0.4, -0.2) is 36.6 Å². The van der Waals surface area contributed by atoms with Crippen molar-refractivity contribution in [2.45, 2.75) is 19.1 Å². The Balaban J connectivity index is 1.61. The molecule has 0 aliphatic heterocycles. The number of hydrogen-bond acceptors (Lipinski definition) is 5. The molecule has 0 aliphatic rings. The van der Waals surface area contributed by atoms with Gasteiger partial charge >= 0.3 is 6.18 Å². The van der Waals surface area contributed by atoms with E-state index in [1.54, 1.807) is 30.0 Å². The van der Waals surface area contributed by atoms with E-state index in [-0.39, 0.29) is 16.9 Å². The van der Waals surface area contributed by atoms with Crippen LogP contribution in [0.25, 0.3) is 16.2 Å². The van der Waals surface area contributed by atoms with Crippen molar-refractivity contribution in [3.05, 3.63) is 59.8 Å². The Bertz CT molecular complexity index is 1120. The highest BCUT2D eigenvalue weighted by Crippen LogP contribution is 2.33. The van der Waals surface area contributed by atoms with Crippen LogP contribution in [0.1, 0.15) is 22.5 Å². The molecule has 0 bridgehead atoms. The zero-order chi connectivity index (χ0) is 20.4. The number of rotatable bonds is 6. The summed E-state index contributed by atoms with van der Waals surface area (Å²) in [6, 6.07) is 4.35. The van der Waals surface area contributed by atoms with Crippen molar-refractivity contribution in [3.63, 3.8) is 0 Å². The van der Waals surface area contributed by atoms with E-state index >= 15 is 0 Å². The van der Waals surface area contributed by atoms with E-state index in [0.717, 1.165) is 12.3 Å². The summed E-state index contributed by atoms with van der Waals surface area (Å²) in [6.07, 6.45) is 2.25. The smallest absolute Gasteiger partial charge is 0.352 e. The number of aromatic nitrogens is 5. The molecule has 0 spiro atoms. The van der Waals surface area contributed by atoms with Gasteiger partial charge in [0.05, 0.1) is 23.1 Å². The molecule has 4 aromatic rings. The maximum absolute atomic E-state index is 13.5. The minimum Gasteiger partial charge on any atom is -0.352 e. The number of nitrogens with zero attached hydrogens (tertiary/aromatic N) is 5. The van der Waals surface area contributed by atoms with Crippen LogP contribution in [0.15, 0.2) is 48.5 Å². The predicted octanol–water partition coefficient (Wildman–Crippen LogP) is 3.49. The molecule has 7 nitrogen and oxygen atoms in total. The van der Waals surface area contributed by atoms with Crippen LogP contribution in [0.4, 0.5) is 13.2 Å². The summed E-state index contributed by atoms with van der Waals surface area (Å²) in [7, 11) is 0. The number of imidazole rings is 1. The van der Waals surface area contributed by atoms with E-state index in [9.17, 15) is 18.0 Å². The van der Waals surface area contributed by atoms with Gasteiger partial charge in [-0.15, -0.1) is 11.3 Å². The Hall–Kier alpha value is -3.21. The summed E-state index contributed by atoms with van der Waals surface area (Å²) in [5.41, 5.74) is -0.966. The molecule has 0 saturated heterocycles. The zero-order valence-electron chi connectivity index (χ0n) is 14.9. The molecule has 0 fully saturated rings. The largest absolute Gasteiger partial charge is 0.433 e. The summed E-state index contributed by atoms with van der Waals surface area (Å²) in [6.45, 7) is 1.01. The lowest BCUT2D eigenvalue weighted by Crippen LogP contribution is -2.25. The second kappa shape index (κ2) is 7.66. The molecule has 1 amide bonds. The summed E-state index contributed by atoms with van der Waals surface area (Å²) in [4.78, 5) is 21.3. The van der Waals surface area contributed by atoms with Gasteiger partial charge in [0, 0.05) is 25.5 Å². The van der Waals surface area contributed by atoms with Gasteiger partial charge in [0.2, 0.25) is 0 Å². The molecule has 0 saturated carbocycles. The number of carbonyl (C=O) groups is 1. The fraction of sp³-hybridized carbons (Fsp3) is 0.222. The van der Waals surface area contributed by atoms with Crippen molar-refractivity contribution in [1.82, 2.24) is 29.5 Å². The Morgan fingerprint density at radius 2 is 2.17 bits per heavy atom. The number of alkyl halides is 3. The molecule has 4 aromatic heterocycles. The molecule has 11 heteroatoms. The van der Waals surface area contributed by atoms with Gasteiger partial charge in [0.25, 0.3) is 5.91 Å². The second-order valence-corrected chi connectivity index (χ2v) is 7.15. The molecule has 0 aliphatic carbocycles.